The van der Waals surface area contributed by atoms with Crippen molar-refractivity contribution in [1.82, 2.24) is 4.90 Å². The topological polar surface area (TPSA) is 15.3 Å². The summed E-state index contributed by atoms with van der Waals surface area (Å²) in [5.41, 5.74) is 3.09. The first-order valence-corrected chi connectivity index (χ1v) is 7.98. The molecular formula is C18H30N2. The Labute approximate surface area is 124 Å². The first-order chi connectivity index (χ1) is 9.47. The summed E-state index contributed by atoms with van der Waals surface area (Å²) in [4.78, 5) is 2.60. The number of hydrogen-bond donors (Lipinski definition) is 1. The third-order valence-corrected chi connectivity index (χ3v) is 4.70. The van der Waals surface area contributed by atoms with Gasteiger partial charge in [0.25, 0.3) is 0 Å². The molecule has 2 rings (SSSR count). The maximum Gasteiger partial charge on any atom is 0.0370 e. The Morgan fingerprint density at radius 3 is 2.40 bits per heavy atom. The zero-order valence-electron chi connectivity index (χ0n) is 13.6. The fourth-order valence-electron chi connectivity index (χ4n) is 3.14. The molecular weight excluding hydrogens is 244 g/mol. The molecule has 0 bridgehead atoms. The summed E-state index contributed by atoms with van der Waals surface area (Å²) in [6.07, 6.45) is 2.71. The molecule has 1 saturated heterocycles. The number of benzene rings is 1. The summed E-state index contributed by atoms with van der Waals surface area (Å²) in [6.45, 7) is 14.0. The van der Waals surface area contributed by atoms with Gasteiger partial charge in [-0.05, 0) is 55.8 Å². The lowest BCUT2D eigenvalue weighted by Crippen LogP contribution is -2.40. The minimum Gasteiger partial charge on any atom is -0.384 e. The summed E-state index contributed by atoms with van der Waals surface area (Å²) in [7, 11) is 0. The van der Waals surface area contributed by atoms with Crippen LogP contribution in [-0.4, -0.2) is 31.1 Å². The minimum atomic E-state index is 0.478. The van der Waals surface area contributed by atoms with E-state index in [1.54, 1.807) is 0 Å². The largest absolute Gasteiger partial charge is 0.384 e. The fraction of sp³-hybridized carbons (Fsp3) is 0.667. The highest BCUT2D eigenvalue weighted by atomic mass is 15.1. The first kappa shape index (κ1) is 15.4. The molecule has 0 atom stereocenters. The van der Waals surface area contributed by atoms with Gasteiger partial charge in [0, 0.05) is 18.8 Å². The molecule has 1 aromatic rings. The van der Waals surface area contributed by atoms with E-state index in [1.807, 2.05) is 0 Å². The average molecular weight is 274 g/mol. The molecule has 20 heavy (non-hydrogen) atoms. The van der Waals surface area contributed by atoms with E-state index in [0.717, 1.165) is 19.0 Å². The molecule has 0 aliphatic carbocycles. The van der Waals surface area contributed by atoms with E-state index in [-0.39, 0.29) is 0 Å². The second-order valence-corrected chi connectivity index (χ2v) is 7.22. The molecule has 0 radical (unpaired) electrons. The highest BCUT2D eigenvalue weighted by molar-refractivity contribution is 5.50. The van der Waals surface area contributed by atoms with Gasteiger partial charge in [0.05, 0.1) is 0 Å². The van der Waals surface area contributed by atoms with Crippen molar-refractivity contribution in [2.45, 2.75) is 40.5 Å². The van der Waals surface area contributed by atoms with Crippen LogP contribution in [0, 0.1) is 18.3 Å². The molecule has 1 heterocycles. The molecule has 0 saturated carbocycles. The van der Waals surface area contributed by atoms with Gasteiger partial charge in [0.15, 0.2) is 0 Å². The lowest BCUT2D eigenvalue weighted by molar-refractivity contribution is 0.115. The molecule has 1 fully saturated rings. The number of nitrogens with one attached hydrogen (secondary N) is 1. The van der Waals surface area contributed by atoms with Gasteiger partial charge in [-0.1, -0.05) is 39.0 Å². The van der Waals surface area contributed by atoms with E-state index in [0.29, 0.717) is 5.41 Å². The number of aryl methyl sites for hydroxylation is 1. The third-order valence-electron chi connectivity index (χ3n) is 4.70. The molecule has 0 spiro atoms. The Hall–Kier alpha value is -1.02. The van der Waals surface area contributed by atoms with Crippen LogP contribution in [0.15, 0.2) is 24.3 Å². The lowest BCUT2D eigenvalue weighted by Gasteiger charge is -2.38. The van der Waals surface area contributed by atoms with Crippen LogP contribution in [0.1, 0.15) is 39.2 Å². The van der Waals surface area contributed by atoms with Gasteiger partial charge >= 0.3 is 0 Å². The van der Waals surface area contributed by atoms with E-state index in [1.165, 1.54) is 37.2 Å². The Bertz CT molecular complexity index is 412. The monoisotopic (exact) mass is 274 g/mol. The smallest absolute Gasteiger partial charge is 0.0370 e. The molecule has 2 heteroatoms. The zero-order valence-corrected chi connectivity index (χ0v) is 13.6. The van der Waals surface area contributed by atoms with Crippen LogP contribution in [0.5, 0.6) is 0 Å². The van der Waals surface area contributed by atoms with Crippen LogP contribution in [0.3, 0.4) is 0 Å². The predicted molar refractivity (Wildman–Crippen MR) is 88.3 cm³/mol. The van der Waals surface area contributed by atoms with Crippen molar-refractivity contribution in [3.8, 4) is 0 Å². The van der Waals surface area contributed by atoms with E-state index in [4.69, 9.17) is 0 Å². The number of likely N-dealkylation sites (tertiary alicyclic amines) is 1. The number of piperidine rings is 1. The van der Waals surface area contributed by atoms with Crippen molar-refractivity contribution >= 4 is 5.69 Å². The van der Waals surface area contributed by atoms with Gasteiger partial charge in [-0.25, -0.2) is 0 Å². The summed E-state index contributed by atoms with van der Waals surface area (Å²) in [5.74, 6) is 0.892. The number of para-hydroxylation sites is 1. The average Bonchev–Trinajstić information content (AvgIpc) is 2.40. The van der Waals surface area contributed by atoms with Crippen molar-refractivity contribution < 1.29 is 0 Å². The first-order valence-electron chi connectivity index (χ1n) is 7.98. The van der Waals surface area contributed by atoms with E-state index >= 15 is 0 Å². The Balaban J connectivity index is 1.71. The summed E-state index contributed by atoms with van der Waals surface area (Å²) in [6, 6.07) is 8.53. The molecule has 112 valence electrons. The van der Waals surface area contributed by atoms with Crippen molar-refractivity contribution in [2.24, 2.45) is 11.3 Å². The summed E-state index contributed by atoms with van der Waals surface area (Å²) in [5, 5.41) is 3.56. The molecule has 0 aromatic heterocycles. The van der Waals surface area contributed by atoms with Gasteiger partial charge in [0.1, 0.15) is 0 Å². The standard InChI is InChI=1S/C18H30N2/c1-15-7-5-6-8-17(15)19-11-14-20-12-9-16(10-13-20)18(2,3)4/h5-8,16,19H,9-14H2,1-4H3. The normalized spacial score (nSPS) is 18.2. The van der Waals surface area contributed by atoms with Crippen molar-refractivity contribution in [1.29, 1.82) is 0 Å². The van der Waals surface area contributed by atoms with Gasteiger partial charge in [-0.2, -0.15) is 0 Å². The second kappa shape index (κ2) is 6.62. The quantitative estimate of drug-likeness (QED) is 0.886. The zero-order chi connectivity index (χ0) is 14.6. The van der Waals surface area contributed by atoms with Gasteiger partial charge in [0.2, 0.25) is 0 Å². The number of rotatable bonds is 4. The second-order valence-electron chi connectivity index (χ2n) is 7.22. The van der Waals surface area contributed by atoms with Crippen LogP contribution < -0.4 is 5.32 Å². The van der Waals surface area contributed by atoms with Crippen LogP contribution in [0.4, 0.5) is 5.69 Å². The van der Waals surface area contributed by atoms with Crippen molar-refractivity contribution in [3.63, 3.8) is 0 Å². The van der Waals surface area contributed by atoms with E-state index in [2.05, 4.69) is 62.2 Å². The van der Waals surface area contributed by atoms with Gasteiger partial charge in [-0.15, -0.1) is 0 Å². The van der Waals surface area contributed by atoms with Crippen LogP contribution >= 0.6 is 0 Å². The Morgan fingerprint density at radius 1 is 1.15 bits per heavy atom. The summed E-state index contributed by atoms with van der Waals surface area (Å²) < 4.78 is 0. The molecule has 1 aromatic carbocycles. The Morgan fingerprint density at radius 2 is 1.80 bits per heavy atom. The molecule has 1 aliphatic heterocycles. The number of anilines is 1. The maximum absolute atomic E-state index is 3.56. The summed E-state index contributed by atoms with van der Waals surface area (Å²) >= 11 is 0. The van der Waals surface area contributed by atoms with E-state index in [9.17, 15) is 0 Å². The van der Waals surface area contributed by atoms with E-state index < -0.39 is 0 Å². The molecule has 1 aliphatic rings. The molecule has 2 nitrogen and oxygen atoms in total. The maximum atomic E-state index is 3.56. The van der Waals surface area contributed by atoms with Crippen molar-refractivity contribution in [2.75, 3.05) is 31.5 Å². The number of hydrogen-bond acceptors (Lipinski definition) is 2. The SMILES string of the molecule is Cc1ccccc1NCCN1CCC(C(C)(C)C)CC1. The predicted octanol–water partition coefficient (Wildman–Crippen LogP) is 4.17. The molecule has 0 amide bonds. The highest BCUT2D eigenvalue weighted by Gasteiger charge is 2.28. The highest BCUT2D eigenvalue weighted by Crippen LogP contribution is 2.34. The Kier molecular flexibility index (Phi) is 5.09. The van der Waals surface area contributed by atoms with Crippen LogP contribution in [0.2, 0.25) is 0 Å². The van der Waals surface area contributed by atoms with Crippen LogP contribution in [0.25, 0.3) is 0 Å². The molecule has 0 unspecified atom stereocenters. The van der Waals surface area contributed by atoms with Crippen molar-refractivity contribution in [3.05, 3.63) is 29.8 Å². The molecule has 1 N–H and O–H groups in total. The van der Waals surface area contributed by atoms with Gasteiger partial charge in [-0.3, -0.25) is 0 Å². The lowest BCUT2D eigenvalue weighted by atomic mass is 9.75. The van der Waals surface area contributed by atoms with Crippen LogP contribution in [-0.2, 0) is 0 Å². The number of nitrogens with zero attached hydrogens (tertiary/aromatic N) is 1. The third kappa shape index (κ3) is 4.24. The fourth-order valence-corrected chi connectivity index (χ4v) is 3.14. The van der Waals surface area contributed by atoms with Gasteiger partial charge < -0.3 is 10.2 Å². The minimum absolute atomic E-state index is 0.478.